The summed E-state index contributed by atoms with van der Waals surface area (Å²) in [4.78, 5) is 16.0. The summed E-state index contributed by atoms with van der Waals surface area (Å²) < 4.78 is 5.36. The average Bonchev–Trinajstić information content (AvgIpc) is 2.51. The Morgan fingerprint density at radius 3 is 2.42 bits per heavy atom. The van der Waals surface area contributed by atoms with Crippen LogP contribution in [-0.2, 0) is 5.75 Å². The lowest BCUT2D eigenvalue weighted by atomic mass is 10.1. The summed E-state index contributed by atoms with van der Waals surface area (Å²) in [5.74, 6) is 1.36. The zero-order valence-electron chi connectivity index (χ0n) is 14.4. The minimum atomic E-state index is 0.0285. The fourth-order valence-electron chi connectivity index (χ4n) is 2.44. The van der Waals surface area contributed by atoms with E-state index in [4.69, 9.17) is 10.5 Å². The minimum absolute atomic E-state index is 0.0285. The van der Waals surface area contributed by atoms with Gasteiger partial charge in [0, 0.05) is 16.9 Å². The van der Waals surface area contributed by atoms with Crippen molar-refractivity contribution in [1.82, 2.24) is 0 Å². The Balaban J connectivity index is 2.15. The summed E-state index contributed by atoms with van der Waals surface area (Å²) in [7, 11) is 1.61. The highest BCUT2D eigenvalue weighted by molar-refractivity contribution is 8.13. The number of ketones is 1. The van der Waals surface area contributed by atoms with Gasteiger partial charge in [0.2, 0.25) is 0 Å². The molecule has 2 rings (SSSR count). The minimum Gasteiger partial charge on any atom is -0.496 e. The maximum absolute atomic E-state index is 11.5. The van der Waals surface area contributed by atoms with E-state index in [1.807, 2.05) is 38.1 Å². The van der Waals surface area contributed by atoms with Crippen LogP contribution in [0.5, 0.6) is 5.75 Å². The van der Waals surface area contributed by atoms with E-state index in [2.05, 4.69) is 11.1 Å². The number of ether oxygens (including phenoxy) is 1. The first-order chi connectivity index (χ1) is 11.4. The van der Waals surface area contributed by atoms with Crippen LogP contribution < -0.4 is 10.5 Å². The van der Waals surface area contributed by atoms with Crippen LogP contribution in [0.4, 0.5) is 5.69 Å². The predicted molar refractivity (Wildman–Crippen MR) is 101 cm³/mol. The molecule has 0 saturated heterocycles. The van der Waals surface area contributed by atoms with Crippen molar-refractivity contribution in [2.75, 3.05) is 7.11 Å². The molecule has 0 heterocycles. The van der Waals surface area contributed by atoms with Gasteiger partial charge in [-0.3, -0.25) is 4.79 Å². The number of methoxy groups -OCH3 is 1. The Labute approximate surface area is 147 Å². The fourth-order valence-corrected chi connectivity index (χ4v) is 3.14. The van der Waals surface area contributed by atoms with E-state index in [-0.39, 0.29) is 5.78 Å². The Bertz CT molecular complexity index is 765. The molecule has 2 aromatic rings. The fraction of sp³-hybridized carbons (Fsp3) is 0.263. The molecule has 0 radical (unpaired) electrons. The second-order valence-electron chi connectivity index (χ2n) is 5.67. The topological polar surface area (TPSA) is 64.7 Å². The summed E-state index contributed by atoms with van der Waals surface area (Å²) >= 11 is 1.42. The third kappa shape index (κ3) is 4.86. The molecule has 5 heteroatoms. The lowest BCUT2D eigenvalue weighted by molar-refractivity contribution is 0.101. The van der Waals surface area contributed by atoms with E-state index in [1.165, 1.54) is 11.8 Å². The molecule has 24 heavy (non-hydrogen) atoms. The molecule has 0 atom stereocenters. The van der Waals surface area contributed by atoms with Crippen LogP contribution in [0.2, 0.25) is 0 Å². The van der Waals surface area contributed by atoms with E-state index < -0.39 is 0 Å². The Kier molecular flexibility index (Phi) is 6.04. The number of carbonyl (C=O) groups is 1. The Morgan fingerprint density at radius 2 is 1.83 bits per heavy atom. The van der Waals surface area contributed by atoms with E-state index >= 15 is 0 Å². The van der Waals surface area contributed by atoms with Gasteiger partial charge in [-0.1, -0.05) is 17.8 Å². The summed E-state index contributed by atoms with van der Waals surface area (Å²) in [5, 5.41) is 0.482. The molecule has 0 saturated carbocycles. The van der Waals surface area contributed by atoms with Gasteiger partial charge in [-0.2, -0.15) is 0 Å². The number of hydrogen-bond donors (Lipinski definition) is 1. The van der Waals surface area contributed by atoms with E-state index in [0.29, 0.717) is 16.5 Å². The van der Waals surface area contributed by atoms with Crippen molar-refractivity contribution in [2.45, 2.75) is 26.5 Å². The monoisotopic (exact) mass is 342 g/mol. The molecule has 0 aliphatic heterocycles. The molecule has 0 bridgehead atoms. The number of benzene rings is 2. The van der Waals surface area contributed by atoms with Crippen molar-refractivity contribution >= 4 is 28.4 Å². The number of Topliss-reactive ketones (excluding diaryl/α,β-unsaturated/α-hetero) is 1. The molecule has 0 unspecified atom stereocenters. The number of rotatable bonds is 5. The summed E-state index contributed by atoms with van der Waals surface area (Å²) in [6.45, 7) is 5.62. The zero-order chi connectivity index (χ0) is 17.7. The van der Waals surface area contributed by atoms with Gasteiger partial charge in [-0.05, 0) is 62.2 Å². The molecule has 0 aliphatic carbocycles. The smallest absolute Gasteiger partial charge is 0.159 e. The number of aliphatic imine (C=N–C) groups is 1. The number of thioether (sulfide) groups is 1. The van der Waals surface area contributed by atoms with Gasteiger partial charge in [0.05, 0.1) is 12.8 Å². The van der Waals surface area contributed by atoms with Crippen molar-refractivity contribution < 1.29 is 9.53 Å². The highest BCUT2D eigenvalue weighted by Gasteiger charge is 2.08. The van der Waals surface area contributed by atoms with Crippen molar-refractivity contribution in [2.24, 2.45) is 10.7 Å². The maximum atomic E-state index is 11.5. The molecule has 0 aliphatic rings. The molecule has 2 aromatic carbocycles. The van der Waals surface area contributed by atoms with Crippen LogP contribution in [0.3, 0.4) is 0 Å². The van der Waals surface area contributed by atoms with Crippen LogP contribution >= 0.6 is 11.8 Å². The molecular weight excluding hydrogens is 320 g/mol. The first kappa shape index (κ1) is 18.1. The maximum Gasteiger partial charge on any atom is 0.159 e. The number of carbonyl (C=O) groups excluding carboxylic acids is 1. The van der Waals surface area contributed by atoms with Gasteiger partial charge in [0.25, 0.3) is 0 Å². The van der Waals surface area contributed by atoms with Crippen LogP contribution in [0, 0.1) is 13.8 Å². The molecule has 4 nitrogen and oxygen atoms in total. The van der Waals surface area contributed by atoms with E-state index in [1.54, 1.807) is 20.1 Å². The molecule has 0 amide bonds. The molecular formula is C19H22N2O2S. The predicted octanol–water partition coefficient (Wildman–Crippen LogP) is 4.39. The standard InChI is InChI=1S/C19H22N2O2S/c1-12-7-13(2)9-17(8-12)21-19(20)24-11-16-10-15(14(3)22)5-6-18(16)23-4/h5-10H,11H2,1-4H3,(H2,20,21). The van der Waals surface area contributed by atoms with Gasteiger partial charge in [-0.25, -0.2) is 4.99 Å². The SMILES string of the molecule is COc1ccc(C(C)=O)cc1CSC(N)=Nc1cc(C)cc(C)c1. The second kappa shape index (κ2) is 8.02. The van der Waals surface area contributed by atoms with Gasteiger partial charge < -0.3 is 10.5 Å². The zero-order valence-corrected chi connectivity index (χ0v) is 15.2. The molecule has 0 aromatic heterocycles. The quantitative estimate of drug-likeness (QED) is 0.497. The summed E-state index contributed by atoms with van der Waals surface area (Å²) in [6, 6.07) is 11.5. The summed E-state index contributed by atoms with van der Waals surface area (Å²) in [5.41, 5.74) is 10.8. The highest BCUT2D eigenvalue weighted by Crippen LogP contribution is 2.26. The van der Waals surface area contributed by atoms with Crippen LogP contribution in [0.25, 0.3) is 0 Å². The Hall–Kier alpha value is -2.27. The van der Waals surface area contributed by atoms with Crippen LogP contribution in [-0.4, -0.2) is 18.1 Å². The van der Waals surface area contributed by atoms with Crippen LogP contribution in [0.15, 0.2) is 41.4 Å². The summed E-state index contributed by atoms with van der Waals surface area (Å²) in [6.07, 6.45) is 0. The number of hydrogen-bond acceptors (Lipinski definition) is 4. The van der Waals surface area contributed by atoms with Crippen molar-refractivity contribution in [3.8, 4) is 5.75 Å². The van der Waals surface area contributed by atoms with Gasteiger partial charge in [0.1, 0.15) is 5.75 Å². The molecule has 0 fully saturated rings. The normalized spacial score (nSPS) is 11.4. The Morgan fingerprint density at radius 1 is 1.17 bits per heavy atom. The molecule has 126 valence electrons. The van der Waals surface area contributed by atoms with Crippen molar-refractivity contribution in [1.29, 1.82) is 0 Å². The first-order valence-corrected chi connectivity index (χ1v) is 8.60. The van der Waals surface area contributed by atoms with E-state index in [0.717, 1.165) is 28.1 Å². The average molecular weight is 342 g/mol. The lowest BCUT2D eigenvalue weighted by Crippen LogP contribution is -2.07. The largest absolute Gasteiger partial charge is 0.496 e. The van der Waals surface area contributed by atoms with E-state index in [9.17, 15) is 4.79 Å². The number of nitrogens with zero attached hydrogens (tertiary/aromatic N) is 1. The van der Waals surface area contributed by atoms with Gasteiger partial charge in [0.15, 0.2) is 11.0 Å². The van der Waals surface area contributed by atoms with Gasteiger partial charge in [-0.15, -0.1) is 0 Å². The number of aryl methyl sites for hydroxylation is 2. The number of amidine groups is 1. The van der Waals surface area contributed by atoms with Crippen molar-refractivity contribution in [3.05, 3.63) is 58.7 Å². The highest BCUT2D eigenvalue weighted by atomic mass is 32.2. The second-order valence-corrected chi connectivity index (χ2v) is 6.66. The lowest BCUT2D eigenvalue weighted by Gasteiger charge is -2.09. The van der Waals surface area contributed by atoms with Crippen LogP contribution in [0.1, 0.15) is 34.0 Å². The van der Waals surface area contributed by atoms with Crippen molar-refractivity contribution in [3.63, 3.8) is 0 Å². The number of nitrogens with two attached hydrogens (primary N) is 1. The third-order valence-corrected chi connectivity index (χ3v) is 4.35. The van der Waals surface area contributed by atoms with Gasteiger partial charge >= 0.3 is 0 Å². The third-order valence-electron chi connectivity index (χ3n) is 3.51. The molecule has 0 spiro atoms. The first-order valence-electron chi connectivity index (χ1n) is 7.62. The molecule has 2 N–H and O–H groups in total.